The Hall–Kier alpha value is -2.40. The average Bonchev–Trinajstić information content (AvgIpc) is 3.06. The van der Waals surface area contributed by atoms with Gasteiger partial charge < -0.3 is 42.8 Å². The fourth-order valence-electron chi connectivity index (χ4n) is 4.52. The number of hydrogen-bond donors (Lipinski definition) is 0. The quantitative estimate of drug-likeness (QED) is 0.0468. The molecule has 0 aromatic heterocycles. The summed E-state index contributed by atoms with van der Waals surface area (Å²) in [6.07, 6.45) is 2.18. The lowest BCUT2D eigenvalue weighted by Gasteiger charge is -2.34. The van der Waals surface area contributed by atoms with Gasteiger partial charge in [0.15, 0.2) is 11.6 Å². The zero-order chi connectivity index (χ0) is 34.3. The predicted molar refractivity (Wildman–Crippen MR) is 161 cm³/mol. The highest BCUT2D eigenvalue weighted by Crippen LogP contribution is 2.27. The summed E-state index contributed by atoms with van der Waals surface area (Å²) in [5.74, 6) is -7.92. The van der Waals surface area contributed by atoms with Crippen molar-refractivity contribution in [2.45, 2.75) is 39.5 Å². The van der Waals surface area contributed by atoms with Gasteiger partial charge in [0, 0.05) is 19.2 Å². The Labute approximate surface area is 274 Å². The van der Waals surface area contributed by atoms with Crippen molar-refractivity contribution >= 4 is 11.9 Å². The van der Waals surface area contributed by atoms with E-state index < -0.39 is 41.4 Å². The molecule has 1 saturated heterocycles. The van der Waals surface area contributed by atoms with Gasteiger partial charge in [-0.15, -0.1) is 0 Å². The molecular formula is C32H49F4NO10. The molecule has 1 aromatic carbocycles. The maximum Gasteiger partial charge on any atom is 0.313 e. The van der Waals surface area contributed by atoms with Crippen molar-refractivity contribution in [2.75, 3.05) is 106 Å². The second kappa shape index (κ2) is 24.7. The lowest BCUT2D eigenvalue weighted by molar-refractivity contribution is -0.136. The van der Waals surface area contributed by atoms with Crippen molar-refractivity contribution in [3.05, 3.63) is 29.3 Å². The summed E-state index contributed by atoms with van der Waals surface area (Å²) in [5.41, 5.74) is 0. The van der Waals surface area contributed by atoms with E-state index in [0.29, 0.717) is 90.9 Å². The van der Waals surface area contributed by atoms with Crippen LogP contribution in [0.5, 0.6) is 5.75 Å². The number of carbonyl (C=O) groups excluding carboxylic acids is 2. The molecule has 1 aliphatic heterocycles. The number of esters is 1. The van der Waals surface area contributed by atoms with Crippen molar-refractivity contribution in [3.8, 4) is 5.75 Å². The summed E-state index contributed by atoms with van der Waals surface area (Å²) >= 11 is 0. The van der Waals surface area contributed by atoms with Crippen molar-refractivity contribution in [1.29, 1.82) is 0 Å². The summed E-state index contributed by atoms with van der Waals surface area (Å²) in [6, 6.07) is 0.0191. The van der Waals surface area contributed by atoms with Crippen LogP contribution in [-0.4, -0.2) is 122 Å². The molecule has 0 bridgehead atoms. The van der Waals surface area contributed by atoms with Crippen molar-refractivity contribution in [1.82, 2.24) is 4.90 Å². The Balaban J connectivity index is 1.26. The van der Waals surface area contributed by atoms with E-state index in [1.54, 1.807) is 0 Å². The Morgan fingerprint density at radius 3 is 1.38 bits per heavy atom. The first-order valence-corrected chi connectivity index (χ1v) is 16.1. The maximum absolute atomic E-state index is 13.5. The fraction of sp³-hybridized carbons (Fsp3) is 0.750. The molecule has 1 aliphatic rings. The summed E-state index contributed by atoms with van der Waals surface area (Å²) < 4.78 is 95.4. The predicted octanol–water partition coefficient (Wildman–Crippen LogP) is 3.94. The van der Waals surface area contributed by atoms with Crippen LogP contribution in [0, 0.1) is 35.1 Å². The van der Waals surface area contributed by atoms with E-state index in [1.807, 2.05) is 4.90 Å². The highest BCUT2D eigenvalue weighted by atomic mass is 19.2. The Morgan fingerprint density at radius 2 is 1.00 bits per heavy atom. The molecule has 0 aliphatic carbocycles. The highest BCUT2D eigenvalue weighted by molar-refractivity contribution is 5.76. The smallest absolute Gasteiger partial charge is 0.313 e. The van der Waals surface area contributed by atoms with Gasteiger partial charge in [0.2, 0.25) is 23.3 Å². The van der Waals surface area contributed by atoms with Gasteiger partial charge in [0.05, 0.1) is 105 Å². The summed E-state index contributed by atoms with van der Waals surface area (Å²) in [7, 11) is 0. The first-order valence-electron chi connectivity index (χ1n) is 16.1. The Bertz CT molecular complexity index is 1000. The van der Waals surface area contributed by atoms with Crippen LogP contribution >= 0.6 is 0 Å². The number of halogens is 4. The van der Waals surface area contributed by atoms with Crippen LogP contribution in [0.2, 0.25) is 0 Å². The third-order valence-electron chi connectivity index (χ3n) is 7.27. The van der Waals surface area contributed by atoms with Crippen LogP contribution in [0.4, 0.5) is 17.6 Å². The third kappa shape index (κ3) is 17.5. The Morgan fingerprint density at radius 1 is 0.638 bits per heavy atom. The van der Waals surface area contributed by atoms with Gasteiger partial charge in [-0.25, -0.2) is 8.78 Å². The molecule has 0 radical (unpaired) electrons. The third-order valence-corrected chi connectivity index (χ3v) is 7.27. The molecule has 0 spiro atoms. The first-order chi connectivity index (χ1) is 22.7. The van der Waals surface area contributed by atoms with Gasteiger partial charge >= 0.3 is 5.97 Å². The minimum Gasteiger partial charge on any atom is -0.420 e. The van der Waals surface area contributed by atoms with Gasteiger partial charge in [-0.1, -0.05) is 13.8 Å². The van der Waals surface area contributed by atoms with Gasteiger partial charge in [-0.3, -0.25) is 9.59 Å². The molecule has 0 atom stereocenters. The number of rotatable bonds is 26. The van der Waals surface area contributed by atoms with Gasteiger partial charge in [0.1, 0.15) is 0 Å². The number of amides is 1. The van der Waals surface area contributed by atoms with Crippen LogP contribution in [0.15, 0.2) is 6.07 Å². The summed E-state index contributed by atoms with van der Waals surface area (Å²) in [5, 5.41) is 0. The number of likely N-dealkylation sites (tertiary alicyclic amines) is 1. The van der Waals surface area contributed by atoms with Crippen molar-refractivity contribution < 1.29 is 65.0 Å². The van der Waals surface area contributed by atoms with E-state index in [4.69, 9.17) is 33.2 Å². The van der Waals surface area contributed by atoms with Gasteiger partial charge in [-0.05, 0) is 24.7 Å². The number of hydrogen-bond acceptors (Lipinski definition) is 10. The molecule has 1 fully saturated rings. The molecule has 2 rings (SSSR count). The van der Waals surface area contributed by atoms with Crippen LogP contribution in [0.25, 0.3) is 0 Å². The second-order valence-electron chi connectivity index (χ2n) is 11.0. The second-order valence-corrected chi connectivity index (χ2v) is 11.0. The van der Waals surface area contributed by atoms with E-state index in [0.717, 1.165) is 25.9 Å². The first kappa shape index (κ1) is 40.8. The van der Waals surface area contributed by atoms with Crippen LogP contribution in [-0.2, 0) is 42.7 Å². The monoisotopic (exact) mass is 683 g/mol. The molecule has 15 heteroatoms. The normalized spacial score (nSPS) is 13.9. The number of piperidine rings is 1. The van der Waals surface area contributed by atoms with E-state index in [-0.39, 0.29) is 31.8 Å². The number of carbonyl (C=O) groups is 2. The topological polar surface area (TPSA) is 111 Å². The van der Waals surface area contributed by atoms with E-state index in [2.05, 4.69) is 18.6 Å². The fourth-order valence-corrected chi connectivity index (χ4v) is 4.52. The average molecular weight is 684 g/mol. The number of ether oxygens (including phenoxy) is 8. The lowest BCUT2D eigenvalue weighted by Crippen LogP contribution is -2.39. The minimum atomic E-state index is -1.79. The zero-order valence-electron chi connectivity index (χ0n) is 27.4. The van der Waals surface area contributed by atoms with Crippen LogP contribution in [0.1, 0.15) is 39.5 Å². The molecule has 47 heavy (non-hydrogen) atoms. The molecular weight excluding hydrogens is 634 g/mol. The summed E-state index contributed by atoms with van der Waals surface area (Å²) in [6.45, 7) is 10.8. The molecule has 270 valence electrons. The molecule has 0 unspecified atom stereocenters. The standard InChI is InChI=1S/C32H49F4NO10/c1-24(2)25-3-7-37(8-4-25)28(38)5-9-40-11-13-42-15-17-44-19-21-46-22-20-45-18-16-43-14-12-41-10-6-29(39)47-32-30(35)26(33)23-27(34)31(32)36/h23-25H,3-22H2,1-2H3. The number of nitrogens with zero attached hydrogens (tertiary/aromatic N) is 1. The molecule has 0 N–H and O–H groups in total. The molecule has 0 saturated carbocycles. The maximum atomic E-state index is 13.5. The molecule has 1 aromatic rings. The van der Waals surface area contributed by atoms with Gasteiger partial charge in [0.25, 0.3) is 0 Å². The molecule has 11 nitrogen and oxygen atoms in total. The minimum absolute atomic E-state index is 0.0191. The van der Waals surface area contributed by atoms with Crippen LogP contribution < -0.4 is 4.74 Å². The lowest BCUT2D eigenvalue weighted by atomic mass is 9.86. The van der Waals surface area contributed by atoms with E-state index >= 15 is 0 Å². The van der Waals surface area contributed by atoms with E-state index in [9.17, 15) is 27.2 Å². The van der Waals surface area contributed by atoms with Gasteiger partial charge in [-0.2, -0.15) is 8.78 Å². The zero-order valence-corrected chi connectivity index (χ0v) is 27.4. The van der Waals surface area contributed by atoms with E-state index in [1.165, 1.54) is 0 Å². The largest absolute Gasteiger partial charge is 0.420 e. The van der Waals surface area contributed by atoms with Crippen molar-refractivity contribution in [2.24, 2.45) is 11.8 Å². The molecule has 1 heterocycles. The Kier molecular flexibility index (Phi) is 21.4. The number of benzene rings is 1. The SMILES string of the molecule is CC(C)C1CCN(C(=O)CCOCCOCCOCCOCCOCCOCCOCCC(=O)Oc2c(F)c(F)cc(F)c2F)CC1. The molecule has 1 amide bonds. The van der Waals surface area contributed by atoms with Crippen LogP contribution in [0.3, 0.4) is 0 Å². The summed E-state index contributed by atoms with van der Waals surface area (Å²) in [4.78, 5) is 25.9. The van der Waals surface area contributed by atoms with Crippen molar-refractivity contribution in [3.63, 3.8) is 0 Å². The highest BCUT2D eigenvalue weighted by Gasteiger charge is 2.24.